The Hall–Kier alpha value is -2.09. The number of sulfonamides is 1. The lowest BCUT2D eigenvalue weighted by Gasteiger charge is -2.26. The van der Waals surface area contributed by atoms with E-state index in [0.29, 0.717) is 18.0 Å². The molecule has 0 aromatic heterocycles. The molecule has 0 spiro atoms. The second-order valence-corrected chi connectivity index (χ2v) is 7.93. The van der Waals surface area contributed by atoms with Crippen LogP contribution in [0.15, 0.2) is 53.4 Å². The molecule has 0 saturated carbocycles. The lowest BCUT2D eigenvalue weighted by molar-refractivity contribution is 0.0322. The van der Waals surface area contributed by atoms with Gasteiger partial charge in [0.2, 0.25) is 0 Å². The van der Waals surface area contributed by atoms with E-state index in [9.17, 15) is 8.42 Å². The molecular weight excluding hydrogens is 352 g/mol. The molecule has 7 heteroatoms. The fourth-order valence-corrected chi connectivity index (χ4v) is 3.75. The van der Waals surface area contributed by atoms with Crippen molar-refractivity contribution in [3.05, 3.63) is 54.1 Å². The van der Waals surface area contributed by atoms with Crippen molar-refractivity contribution in [1.29, 1.82) is 0 Å². The summed E-state index contributed by atoms with van der Waals surface area (Å²) in [4.78, 5) is 2.52. The highest BCUT2D eigenvalue weighted by atomic mass is 32.2. The molecule has 1 aliphatic heterocycles. The highest BCUT2D eigenvalue weighted by Gasteiger charge is 2.14. The van der Waals surface area contributed by atoms with Gasteiger partial charge >= 0.3 is 0 Å². The predicted octanol–water partition coefficient (Wildman–Crippen LogP) is 2.51. The summed E-state index contributed by atoms with van der Waals surface area (Å²) < 4.78 is 38.6. The van der Waals surface area contributed by atoms with Crippen molar-refractivity contribution in [2.45, 2.75) is 11.8 Å². The van der Waals surface area contributed by atoms with Gasteiger partial charge in [-0.15, -0.1) is 0 Å². The van der Waals surface area contributed by atoms with E-state index in [1.807, 2.05) is 13.0 Å². The van der Waals surface area contributed by atoms with Crippen LogP contribution in [0.3, 0.4) is 0 Å². The average Bonchev–Trinajstić information content (AvgIpc) is 2.63. The van der Waals surface area contributed by atoms with E-state index in [2.05, 4.69) is 9.62 Å². The first-order valence-electron chi connectivity index (χ1n) is 8.65. The molecule has 1 fully saturated rings. The van der Waals surface area contributed by atoms with Crippen molar-refractivity contribution in [3.8, 4) is 5.75 Å². The summed E-state index contributed by atoms with van der Waals surface area (Å²) in [6.45, 7) is 6.64. The van der Waals surface area contributed by atoms with Crippen LogP contribution in [-0.2, 0) is 14.8 Å². The fourth-order valence-electron chi connectivity index (χ4n) is 2.70. The Kier molecular flexibility index (Phi) is 6.13. The lowest BCUT2D eigenvalue weighted by atomic mass is 10.2. The van der Waals surface area contributed by atoms with Gasteiger partial charge in [0.15, 0.2) is 0 Å². The minimum atomic E-state index is -3.61. The molecule has 1 heterocycles. The minimum Gasteiger partial charge on any atom is -0.492 e. The normalized spacial score (nSPS) is 15.6. The molecule has 1 N–H and O–H groups in total. The highest BCUT2D eigenvalue weighted by Crippen LogP contribution is 2.21. The summed E-state index contributed by atoms with van der Waals surface area (Å²) in [5, 5.41) is 0. The van der Waals surface area contributed by atoms with Gasteiger partial charge in [-0.25, -0.2) is 8.42 Å². The number of nitrogens with zero attached hydrogens (tertiary/aromatic N) is 1. The summed E-state index contributed by atoms with van der Waals surface area (Å²) >= 11 is 0. The molecule has 3 rings (SSSR count). The molecule has 0 aliphatic carbocycles. The van der Waals surface area contributed by atoms with E-state index in [0.717, 1.165) is 38.4 Å². The molecule has 2 aromatic rings. The molecule has 6 nitrogen and oxygen atoms in total. The minimum absolute atomic E-state index is 0.238. The van der Waals surface area contributed by atoms with Crippen LogP contribution in [-0.4, -0.2) is 52.8 Å². The SMILES string of the molecule is Cc1ccc(S(=O)(=O)Nc2cccc(OCCN3CCOCC3)c2)cc1. The molecular formula is C19H24N2O4S. The molecule has 1 saturated heterocycles. The third-order valence-electron chi connectivity index (χ3n) is 4.20. The van der Waals surface area contributed by atoms with Crippen LogP contribution in [0.1, 0.15) is 5.56 Å². The Bertz CT molecular complexity index is 816. The van der Waals surface area contributed by atoms with E-state index in [4.69, 9.17) is 9.47 Å². The molecule has 0 radical (unpaired) electrons. The highest BCUT2D eigenvalue weighted by molar-refractivity contribution is 7.92. The third-order valence-corrected chi connectivity index (χ3v) is 5.59. The molecule has 0 unspecified atom stereocenters. The smallest absolute Gasteiger partial charge is 0.261 e. The summed E-state index contributed by atoms with van der Waals surface area (Å²) in [6, 6.07) is 13.8. The fraction of sp³-hybridized carbons (Fsp3) is 0.368. The van der Waals surface area contributed by atoms with Gasteiger partial charge < -0.3 is 9.47 Å². The van der Waals surface area contributed by atoms with Crippen molar-refractivity contribution in [1.82, 2.24) is 4.90 Å². The van der Waals surface area contributed by atoms with Gasteiger partial charge in [-0.3, -0.25) is 9.62 Å². The number of hydrogen-bond donors (Lipinski definition) is 1. The number of hydrogen-bond acceptors (Lipinski definition) is 5. The van der Waals surface area contributed by atoms with Crippen LogP contribution >= 0.6 is 0 Å². The van der Waals surface area contributed by atoms with E-state index >= 15 is 0 Å². The maximum atomic E-state index is 12.5. The van der Waals surface area contributed by atoms with Crippen LogP contribution in [0.4, 0.5) is 5.69 Å². The molecule has 0 amide bonds. The first kappa shape index (κ1) is 18.7. The van der Waals surface area contributed by atoms with E-state index in [1.54, 1.807) is 42.5 Å². The first-order valence-corrected chi connectivity index (χ1v) is 10.1. The Morgan fingerprint density at radius 2 is 1.85 bits per heavy atom. The first-order chi connectivity index (χ1) is 12.5. The number of ether oxygens (including phenoxy) is 2. The molecule has 0 bridgehead atoms. The van der Waals surface area contributed by atoms with Crippen molar-refractivity contribution in [2.75, 3.05) is 44.2 Å². The van der Waals surface area contributed by atoms with Gasteiger partial charge in [-0.2, -0.15) is 0 Å². The number of morpholine rings is 1. The van der Waals surface area contributed by atoms with Crippen molar-refractivity contribution in [2.24, 2.45) is 0 Å². The van der Waals surface area contributed by atoms with Gasteiger partial charge in [-0.05, 0) is 31.2 Å². The monoisotopic (exact) mass is 376 g/mol. The largest absolute Gasteiger partial charge is 0.492 e. The van der Waals surface area contributed by atoms with Gasteiger partial charge in [0.05, 0.1) is 23.8 Å². The Labute approximate surface area is 154 Å². The number of aryl methyl sites for hydroxylation is 1. The maximum Gasteiger partial charge on any atom is 0.261 e. The van der Waals surface area contributed by atoms with Gasteiger partial charge in [0, 0.05) is 25.7 Å². The lowest BCUT2D eigenvalue weighted by Crippen LogP contribution is -2.38. The van der Waals surface area contributed by atoms with Crippen molar-refractivity contribution >= 4 is 15.7 Å². The molecule has 26 heavy (non-hydrogen) atoms. The standard InChI is InChI=1S/C19H24N2O4S/c1-16-5-7-19(8-6-16)26(22,23)20-17-3-2-4-18(15-17)25-14-11-21-9-12-24-13-10-21/h2-8,15,20H,9-14H2,1H3. The second kappa shape index (κ2) is 8.53. The molecule has 1 aliphatic rings. The number of anilines is 1. The topological polar surface area (TPSA) is 67.9 Å². The zero-order valence-corrected chi connectivity index (χ0v) is 15.7. The summed E-state index contributed by atoms with van der Waals surface area (Å²) in [6.07, 6.45) is 0. The van der Waals surface area contributed by atoms with Crippen molar-refractivity contribution < 1.29 is 17.9 Å². The van der Waals surface area contributed by atoms with E-state index in [1.165, 1.54) is 0 Å². The maximum absolute atomic E-state index is 12.5. The van der Waals surface area contributed by atoms with Gasteiger partial charge in [0.1, 0.15) is 12.4 Å². The van der Waals surface area contributed by atoms with Crippen LogP contribution in [0, 0.1) is 6.92 Å². The summed E-state index contributed by atoms with van der Waals surface area (Å²) in [7, 11) is -3.61. The summed E-state index contributed by atoms with van der Waals surface area (Å²) in [5.41, 5.74) is 1.49. The summed E-state index contributed by atoms with van der Waals surface area (Å²) in [5.74, 6) is 0.641. The number of nitrogens with one attached hydrogen (secondary N) is 1. The molecule has 0 atom stereocenters. The van der Waals surface area contributed by atoms with Gasteiger partial charge in [0.25, 0.3) is 10.0 Å². The zero-order chi connectivity index (χ0) is 18.4. The van der Waals surface area contributed by atoms with E-state index < -0.39 is 10.0 Å². The van der Waals surface area contributed by atoms with E-state index in [-0.39, 0.29) is 4.90 Å². The molecule has 2 aromatic carbocycles. The zero-order valence-electron chi connectivity index (χ0n) is 14.8. The molecule has 140 valence electrons. The number of rotatable bonds is 7. The number of benzene rings is 2. The average molecular weight is 376 g/mol. The van der Waals surface area contributed by atoms with Crippen molar-refractivity contribution in [3.63, 3.8) is 0 Å². The predicted molar refractivity (Wildman–Crippen MR) is 101 cm³/mol. The van der Waals surface area contributed by atoms with Crippen LogP contribution in [0.5, 0.6) is 5.75 Å². The van der Waals surface area contributed by atoms with Crippen LogP contribution in [0.25, 0.3) is 0 Å². The Morgan fingerprint density at radius 1 is 1.12 bits per heavy atom. The second-order valence-electron chi connectivity index (χ2n) is 6.25. The van der Waals surface area contributed by atoms with Crippen LogP contribution < -0.4 is 9.46 Å². The Morgan fingerprint density at radius 3 is 2.58 bits per heavy atom. The third kappa shape index (κ3) is 5.20. The van der Waals surface area contributed by atoms with Gasteiger partial charge in [-0.1, -0.05) is 23.8 Å². The van der Waals surface area contributed by atoms with Crippen LogP contribution in [0.2, 0.25) is 0 Å². The Balaban J connectivity index is 1.58. The quantitative estimate of drug-likeness (QED) is 0.804.